The Morgan fingerprint density at radius 1 is 1.21 bits per heavy atom. The topological polar surface area (TPSA) is 51.2 Å². The minimum Gasteiger partial charge on any atom is -0.494 e. The van der Waals surface area contributed by atoms with Crippen molar-refractivity contribution in [3.63, 3.8) is 0 Å². The van der Waals surface area contributed by atoms with Crippen molar-refractivity contribution in [2.75, 3.05) is 6.61 Å². The van der Waals surface area contributed by atoms with Gasteiger partial charge in [0.15, 0.2) is 0 Å². The van der Waals surface area contributed by atoms with Crippen LogP contribution in [0.15, 0.2) is 53.9 Å². The van der Waals surface area contributed by atoms with E-state index in [2.05, 4.69) is 28.5 Å². The Morgan fingerprint density at radius 2 is 2.04 bits per heavy atom. The summed E-state index contributed by atoms with van der Waals surface area (Å²) in [4.78, 5) is 17.2. The Hall–Kier alpha value is -2.66. The number of carbonyl (C=O) groups is 1. The van der Waals surface area contributed by atoms with Crippen molar-refractivity contribution in [1.29, 1.82) is 0 Å². The maximum absolute atomic E-state index is 12.6. The zero-order valence-electron chi connectivity index (χ0n) is 16.0. The molecule has 0 fully saturated rings. The van der Waals surface area contributed by atoms with Crippen LogP contribution in [0.1, 0.15) is 42.6 Å². The number of hydrogen-bond acceptors (Lipinski definition) is 4. The largest absolute Gasteiger partial charge is 0.494 e. The van der Waals surface area contributed by atoms with Crippen LogP contribution >= 0.6 is 11.3 Å². The molecule has 1 heterocycles. The van der Waals surface area contributed by atoms with E-state index in [1.807, 2.05) is 42.6 Å². The van der Waals surface area contributed by atoms with E-state index in [0.717, 1.165) is 41.3 Å². The SMILES string of the molecule is CCOc1ccc(-c2nc(CC(=O)NC3CCCc4ccccc43)cs2)cc1. The third-order valence-electron chi connectivity index (χ3n) is 5.01. The highest BCUT2D eigenvalue weighted by atomic mass is 32.1. The van der Waals surface area contributed by atoms with E-state index in [-0.39, 0.29) is 11.9 Å². The second-order valence-corrected chi connectivity index (χ2v) is 7.85. The number of benzene rings is 2. The maximum atomic E-state index is 12.6. The van der Waals surface area contributed by atoms with Gasteiger partial charge in [-0.15, -0.1) is 11.3 Å². The summed E-state index contributed by atoms with van der Waals surface area (Å²) in [6.45, 7) is 2.62. The fourth-order valence-corrected chi connectivity index (χ4v) is 4.52. The minimum absolute atomic E-state index is 0.0326. The lowest BCUT2D eigenvalue weighted by atomic mass is 9.87. The molecule has 0 saturated carbocycles. The molecule has 3 aromatic rings. The van der Waals surface area contributed by atoms with Gasteiger partial charge in [0.25, 0.3) is 0 Å². The molecule has 0 bridgehead atoms. The van der Waals surface area contributed by atoms with Crippen LogP contribution in [0.2, 0.25) is 0 Å². The van der Waals surface area contributed by atoms with E-state index in [1.54, 1.807) is 11.3 Å². The van der Waals surface area contributed by atoms with Crippen LogP contribution in [0.4, 0.5) is 0 Å². The molecule has 4 rings (SSSR count). The molecule has 2 aromatic carbocycles. The van der Waals surface area contributed by atoms with Gasteiger partial charge in [-0.05, 0) is 61.6 Å². The number of carbonyl (C=O) groups excluding carboxylic acids is 1. The number of hydrogen-bond donors (Lipinski definition) is 1. The average Bonchev–Trinajstić information content (AvgIpc) is 3.17. The van der Waals surface area contributed by atoms with Gasteiger partial charge in [0, 0.05) is 10.9 Å². The van der Waals surface area contributed by atoms with Crippen molar-refractivity contribution in [2.24, 2.45) is 0 Å². The Morgan fingerprint density at radius 3 is 2.86 bits per heavy atom. The molecular formula is C23H24N2O2S. The molecule has 1 amide bonds. The standard InChI is InChI=1S/C23H24N2O2S/c1-2-27-19-12-10-17(11-13-19)23-24-18(15-28-23)14-22(26)25-21-9-5-7-16-6-3-4-8-20(16)21/h3-4,6,8,10-13,15,21H,2,5,7,9,14H2,1H3,(H,25,26). The summed E-state index contributed by atoms with van der Waals surface area (Å²) >= 11 is 1.57. The van der Waals surface area contributed by atoms with E-state index >= 15 is 0 Å². The molecule has 1 aromatic heterocycles. The smallest absolute Gasteiger partial charge is 0.226 e. The summed E-state index contributed by atoms with van der Waals surface area (Å²) in [6, 6.07) is 16.4. The van der Waals surface area contributed by atoms with Crippen LogP contribution in [0.25, 0.3) is 10.6 Å². The van der Waals surface area contributed by atoms with Crippen LogP contribution in [-0.4, -0.2) is 17.5 Å². The van der Waals surface area contributed by atoms with E-state index < -0.39 is 0 Å². The van der Waals surface area contributed by atoms with E-state index in [9.17, 15) is 4.79 Å². The molecule has 1 unspecified atom stereocenters. The average molecular weight is 393 g/mol. The van der Waals surface area contributed by atoms with Crippen LogP contribution in [0, 0.1) is 0 Å². The van der Waals surface area contributed by atoms with Crippen molar-refractivity contribution in [3.05, 3.63) is 70.7 Å². The Balaban J connectivity index is 1.39. The molecule has 4 nitrogen and oxygen atoms in total. The molecule has 144 valence electrons. The number of nitrogens with one attached hydrogen (secondary N) is 1. The van der Waals surface area contributed by atoms with E-state index in [4.69, 9.17) is 4.74 Å². The summed E-state index contributed by atoms with van der Waals surface area (Å²) in [5.74, 6) is 0.889. The van der Waals surface area contributed by atoms with Gasteiger partial charge in [-0.1, -0.05) is 24.3 Å². The van der Waals surface area contributed by atoms with Gasteiger partial charge in [0.1, 0.15) is 10.8 Å². The number of ether oxygens (including phenoxy) is 1. The minimum atomic E-state index is 0.0326. The van der Waals surface area contributed by atoms with Gasteiger partial charge >= 0.3 is 0 Å². The molecule has 0 saturated heterocycles. The third kappa shape index (κ3) is 4.25. The first-order valence-electron chi connectivity index (χ1n) is 9.77. The summed E-state index contributed by atoms with van der Waals surface area (Å²) < 4.78 is 5.48. The van der Waals surface area contributed by atoms with Crippen molar-refractivity contribution in [3.8, 4) is 16.3 Å². The second-order valence-electron chi connectivity index (χ2n) is 6.99. The van der Waals surface area contributed by atoms with Crippen molar-refractivity contribution < 1.29 is 9.53 Å². The predicted octanol–water partition coefficient (Wildman–Crippen LogP) is 4.95. The lowest BCUT2D eigenvalue weighted by Gasteiger charge is -2.26. The Labute approximate surface area is 169 Å². The van der Waals surface area contributed by atoms with Gasteiger partial charge in [-0.2, -0.15) is 0 Å². The number of rotatable bonds is 6. The van der Waals surface area contributed by atoms with Gasteiger partial charge in [-0.25, -0.2) is 4.98 Å². The zero-order chi connectivity index (χ0) is 19.3. The number of nitrogens with zero attached hydrogens (tertiary/aromatic N) is 1. The molecule has 0 radical (unpaired) electrons. The van der Waals surface area contributed by atoms with Crippen molar-refractivity contribution in [1.82, 2.24) is 10.3 Å². The predicted molar refractivity (Wildman–Crippen MR) is 113 cm³/mol. The molecule has 28 heavy (non-hydrogen) atoms. The fraction of sp³-hybridized carbons (Fsp3) is 0.304. The first-order chi connectivity index (χ1) is 13.7. The quantitative estimate of drug-likeness (QED) is 0.646. The fourth-order valence-electron chi connectivity index (χ4n) is 3.69. The van der Waals surface area contributed by atoms with Crippen LogP contribution < -0.4 is 10.1 Å². The molecule has 1 atom stereocenters. The van der Waals surface area contributed by atoms with Crippen LogP contribution in [0.5, 0.6) is 5.75 Å². The Kier molecular flexibility index (Phi) is 5.72. The maximum Gasteiger partial charge on any atom is 0.226 e. The van der Waals surface area contributed by atoms with Gasteiger partial charge in [0.2, 0.25) is 5.91 Å². The van der Waals surface area contributed by atoms with E-state index in [0.29, 0.717) is 13.0 Å². The van der Waals surface area contributed by atoms with Crippen molar-refractivity contribution >= 4 is 17.2 Å². The lowest BCUT2D eigenvalue weighted by Crippen LogP contribution is -2.32. The summed E-state index contributed by atoms with van der Waals surface area (Å²) in [5, 5.41) is 6.10. The highest BCUT2D eigenvalue weighted by molar-refractivity contribution is 7.13. The molecule has 5 heteroatoms. The highest BCUT2D eigenvalue weighted by Gasteiger charge is 2.21. The molecular weight excluding hydrogens is 368 g/mol. The van der Waals surface area contributed by atoms with Crippen molar-refractivity contribution in [2.45, 2.75) is 38.6 Å². The molecule has 1 N–H and O–H groups in total. The lowest BCUT2D eigenvalue weighted by molar-refractivity contribution is -0.121. The number of aromatic nitrogens is 1. The highest BCUT2D eigenvalue weighted by Crippen LogP contribution is 2.30. The monoisotopic (exact) mass is 392 g/mol. The zero-order valence-corrected chi connectivity index (χ0v) is 16.8. The van der Waals surface area contributed by atoms with Crippen LogP contribution in [0.3, 0.4) is 0 Å². The van der Waals surface area contributed by atoms with Gasteiger partial charge in [-0.3, -0.25) is 4.79 Å². The number of thiazole rings is 1. The first kappa shape index (κ1) is 18.7. The van der Waals surface area contributed by atoms with Crippen LogP contribution in [-0.2, 0) is 17.6 Å². The first-order valence-corrected chi connectivity index (χ1v) is 10.7. The van der Waals surface area contributed by atoms with Gasteiger partial charge < -0.3 is 10.1 Å². The van der Waals surface area contributed by atoms with E-state index in [1.165, 1.54) is 11.1 Å². The Bertz CT molecular complexity index is 949. The molecule has 1 aliphatic rings. The number of aryl methyl sites for hydroxylation is 1. The molecule has 0 spiro atoms. The normalized spacial score (nSPS) is 15.7. The number of amides is 1. The third-order valence-corrected chi connectivity index (χ3v) is 5.95. The summed E-state index contributed by atoms with van der Waals surface area (Å²) in [6.07, 6.45) is 3.52. The summed E-state index contributed by atoms with van der Waals surface area (Å²) in [5.41, 5.74) is 4.47. The number of fused-ring (bicyclic) bond motifs is 1. The molecule has 0 aliphatic heterocycles. The summed E-state index contributed by atoms with van der Waals surface area (Å²) in [7, 11) is 0. The molecule has 1 aliphatic carbocycles. The second kappa shape index (κ2) is 8.57. The van der Waals surface area contributed by atoms with Gasteiger partial charge in [0.05, 0.1) is 24.8 Å².